The maximum Gasteiger partial charge on any atom is 0.242 e. The summed E-state index contributed by atoms with van der Waals surface area (Å²) < 4.78 is 0. The zero-order valence-electron chi connectivity index (χ0n) is 9.75. The number of amides is 1. The van der Waals surface area contributed by atoms with Crippen LogP contribution in [0.15, 0.2) is 30.3 Å². The summed E-state index contributed by atoms with van der Waals surface area (Å²) >= 11 is 0. The molecule has 0 aromatic heterocycles. The van der Waals surface area contributed by atoms with Crippen LogP contribution in [-0.2, 0) is 4.79 Å². The molecule has 4 heteroatoms. The Balaban J connectivity index is 2.04. The molecule has 1 aromatic rings. The van der Waals surface area contributed by atoms with E-state index in [1.54, 1.807) is 17.0 Å². The fraction of sp³-hybridized carbons (Fsp3) is 0.462. The SMILES string of the molecule is N[C@@H](C(=O)N1CCCC1)[C@@H](O)c1ccccc1. The van der Waals surface area contributed by atoms with Crippen LogP contribution < -0.4 is 5.73 Å². The van der Waals surface area contributed by atoms with Crippen molar-refractivity contribution in [2.45, 2.75) is 25.0 Å². The molecule has 92 valence electrons. The quantitative estimate of drug-likeness (QED) is 0.807. The minimum atomic E-state index is -0.927. The molecule has 17 heavy (non-hydrogen) atoms. The van der Waals surface area contributed by atoms with Crippen molar-refractivity contribution >= 4 is 5.91 Å². The van der Waals surface area contributed by atoms with Crippen molar-refractivity contribution in [2.75, 3.05) is 13.1 Å². The van der Waals surface area contributed by atoms with Crippen molar-refractivity contribution in [3.63, 3.8) is 0 Å². The second-order valence-electron chi connectivity index (χ2n) is 4.41. The molecule has 0 bridgehead atoms. The van der Waals surface area contributed by atoms with Gasteiger partial charge in [0.2, 0.25) is 5.91 Å². The Morgan fingerprint density at radius 1 is 1.24 bits per heavy atom. The largest absolute Gasteiger partial charge is 0.386 e. The Morgan fingerprint density at radius 3 is 2.41 bits per heavy atom. The van der Waals surface area contributed by atoms with Crippen molar-refractivity contribution in [3.05, 3.63) is 35.9 Å². The molecule has 1 amide bonds. The van der Waals surface area contributed by atoms with E-state index in [-0.39, 0.29) is 5.91 Å². The second kappa shape index (κ2) is 5.29. The molecular weight excluding hydrogens is 216 g/mol. The maximum absolute atomic E-state index is 12.0. The van der Waals surface area contributed by atoms with E-state index in [9.17, 15) is 9.90 Å². The number of carbonyl (C=O) groups is 1. The molecule has 0 radical (unpaired) electrons. The van der Waals surface area contributed by atoms with Gasteiger partial charge in [-0.05, 0) is 18.4 Å². The zero-order valence-corrected chi connectivity index (χ0v) is 9.75. The molecule has 1 aliphatic heterocycles. The fourth-order valence-electron chi connectivity index (χ4n) is 2.14. The molecule has 2 atom stereocenters. The Morgan fingerprint density at radius 2 is 1.82 bits per heavy atom. The molecule has 0 saturated carbocycles. The number of aliphatic hydroxyl groups excluding tert-OH is 1. The second-order valence-corrected chi connectivity index (χ2v) is 4.41. The number of aliphatic hydroxyl groups is 1. The standard InChI is InChI=1S/C13H18N2O2/c14-11(13(17)15-8-4-5-9-15)12(16)10-6-2-1-3-7-10/h1-3,6-7,11-12,16H,4-5,8-9,14H2/t11-,12+/m1/s1. The first kappa shape index (κ1) is 12.1. The number of hydrogen-bond donors (Lipinski definition) is 2. The first-order valence-electron chi connectivity index (χ1n) is 5.97. The van der Waals surface area contributed by atoms with Gasteiger partial charge in [-0.15, -0.1) is 0 Å². The van der Waals surface area contributed by atoms with Crippen LogP contribution in [0.3, 0.4) is 0 Å². The lowest BCUT2D eigenvalue weighted by atomic mass is 10.0. The van der Waals surface area contributed by atoms with Gasteiger partial charge in [-0.3, -0.25) is 4.79 Å². The van der Waals surface area contributed by atoms with E-state index in [1.165, 1.54) is 0 Å². The molecule has 1 aliphatic rings. The number of carbonyl (C=O) groups excluding carboxylic acids is 1. The van der Waals surface area contributed by atoms with E-state index in [1.807, 2.05) is 18.2 Å². The van der Waals surface area contributed by atoms with Crippen molar-refractivity contribution in [2.24, 2.45) is 5.73 Å². The van der Waals surface area contributed by atoms with E-state index in [0.717, 1.165) is 25.9 Å². The third kappa shape index (κ3) is 2.65. The normalized spacial score (nSPS) is 19.1. The summed E-state index contributed by atoms with van der Waals surface area (Å²) in [4.78, 5) is 13.7. The van der Waals surface area contributed by atoms with Gasteiger partial charge in [0.1, 0.15) is 12.1 Å². The highest BCUT2D eigenvalue weighted by atomic mass is 16.3. The first-order chi connectivity index (χ1) is 8.20. The number of hydrogen-bond acceptors (Lipinski definition) is 3. The summed E-state index contributed by atoms with van der Waals surface area (Å²) in [6.45, 7) is 1.52. The molecule has 1 fully saturated rings. The lowest BCUT2D eigenvalue weighted by molar-refractivity contribution is -0.134. The van der Waals surface area contributed by atoms with E-state index in [0.29, 0.717) is 5.56 Å². The highest BCUT2D eigenvalue weighted by molar-refractivity contribution is 5.82. The summed E-state index contributed by atoms with van der Waals surface area (Å²) in [5, 5.41) is 10.0. The zero-order chi connectivity index (χ0) is 12.3. The van der Waals surface area contributed by atoms with Crippen LogP contribution in [0.5, 0.6) is 0 Å². The molecule has 0 unspecified atom stereocenters. The molecule has 1 heterocycles. The summed E-state index contributed by atoms with van der Waals surface area (Å²) in [5.41, 5.74) is 6.52. The summed E-state index contributed by atoms with van der Waals surface area (Å²) in [5.74, 6) is -0.154. The minimum Gasteiger partial charge on any atom is -0.386 e. The lowest BCUT2D eigenvalue weighted by Gasteiger charge is -2.24. The molecule has 0 spiro atoms. The van der Waals surface area contributed by atoms with Crippen molar-refractivity contribution in [1.82, 2.24) is 4.90 Å². The van der Waals surface area contributed by atoms with Crippen LogP contribution in [0.2, 0.25) is 0 Å². The number of likely N-dealkylation sites (tertiary alicyclic amines) is 1. The van der Waals surface area contributed by atoms with Gasteiger partial charge in [0.25, 0.3) is 0 Å². The molecule has 3 N–H and O–H groups in total. The smallest absolute Gasteiger partial charge is 0.242 e. The van der Waals surface area contributed by atoms with Gasteiger partial charge in [-0.25, -0.2) is 0 Å². The van der Waals surface area contributed by atoms with Gasteiger partial charge in [-0.2, -0.15) is 0 Å². The van der Waals surface area contributed by atoms with Gasteiger partial charge in [-0.1, -0.05) is 30.3 Å². The van der Waals surface area contributed by atoms with Gasteiger partial charge in [0.05, 0.1) is 0 Å². The average Bonchev–Trinajstić information content (AvgIpc) is 2.91. The van der Waals surface area contributed by atoms with Crippen LogP contribution in [0.25, 0.3) is 0 Å². The monoisotopic (exact) mass is 234 g/mol. The Bertz CT molecular complexity index is 374. The number of rotatable bonds is 3. The van der Waals surface area contributed by atoms with Crippen LogP contribution in [0.4, 0.5) is 0 Å². The highest BCUT2D eigenvalue weighted by Crippen LogP contribution is 2.18. The Labute approximate surface area is 101 Å². The average molecular weight is 234 g/mol. The van der Waals surface area contributed by atoms with Gasteiger partial charge >= 0.3 is 0 Å². The van der Waals surface area contributed by atoms with Crippen LogP contribution in [0, 0.1) is 0 Å². The lowest BCUT2D eigenvalue weighted by Crippen LogP contribution is -2.45. The van der Waals surface area contributed by atoms with Gasteiger partial charge < -0.3 is 15.7 Å². The van der Waals surface area contributed by atoms with Crippen molar-refractivity contribution < 1.29 is 9.90 Å². The van der Waals surface area contributed by atoms with Crippen LogP contribution >= 0.6 is 0 Å². The third-order valence-electron chi connectivity index (χ3n) is 3.18. The third-order valence-corrected chi connectivity index (χ3v) is 3.18. The van der Waals surface area contributed by atoms with Crippen molar-refractivity contribution in [1.29, 1.82) is 0 Å². The maximum atomic E-state index is 12.0. The number of nitrogens with zero attached hydrogens (tertiary/aromatic N) is 1. The van der Waals surface area contributed by atoms with Crippen LogP contribution in [0.1, 0.15) is 24.5 Å². The molecule has 4 nitrogen and oxygen atoms in total. The minimum absolute atomic E-state index is 0.154. The van der Waals surface area contributed by atoms with Crippen molar-refractivity contribution in [3.8, 4) is 0 Å². The van der Waals surface area contributed by atoms with E-state index < -0.39 is 12.1 Å². The summed E-state index contributed by atoms with van der Waals surface area (Å²) in [7, 11) is 0. The number of benzene rings is 1. The van der Waals surface area contributed by atoms with Crippen LogP contribution in [-0.4, -0.2) is 35.0 Å². The van der Waals surface area contributed by atoms with E-state index in [2.05, 4.69) is 0 Å². The topological polar surface area (TPSA) is 66.6 Å². The molecular formula is C13H18N2O2. The molecule has 1 aromatic carbocycles. The summed E-state index contributed by atoms with van der Waals surface area (Å²) in [6, 6.07) is 8.21. The predicted octanol–water partition coefficient (Wildman–Crippen LogP) is 0.670. The molecule has 1 saturated heterocycles. The van der Waals surface area contributed by atoms with E-state index >= 15 is 0 Å². The number of nitrogens with two attached hydrogens (primary N) is 1. The van der Waals surface area contributed by atoms with E-state index in [4.69, 9.17) is 5.73 Å². The Hall–Kier alpha value is -1.39. The molecule has 2 rings (SSSR count). The summed E-state index contributed by atoms with van der Waals surface area (Å²) in [6.07, 6.45) is 1.13. The fourth-order valence-corrected chi connectivity index (χ4v) is 2.14. The van der Waals surface area contributed by atoms with Gasteiger partial charge in [0.15, 0.2) is 0 Å². The highest BCUT2D eigenvalue weighted by Gasteiger charge is 2.29. The van der Waals surface area contributed by atoms with Gasteiger partial charge in [0, 0.05) is 13.1 Å². The first-order valence-corrected chi connectivity index (χ1v) is 5.97. The Kier molecular flexibility index (Phi) is 3.76. The predicted molar refractivity (Wildman–Crippen MR) is 65.2 cm³/mol. The molecule has 0 aliphatic carbocycles.